The normalized spacial score (nSPS) is 11.0. The summed E-state index contributed by atoms with van der Waals surface area (Å²) in [7, 11) is 0. The Kier molecular flexibility index (Phi) is 5.62. The van der Waals surface area contributed by atoms with E-state index in [2.05, 4.69) is 78.0 Å². The monoisotopic (exact) mass is 561 g/mol. The van der Waals surface area contributed by atoms with Crippen LogP contribution in [0.3, 0.4) is 0 Å². The fraction of sp³-hybridized carbons (Fsp3) is 0. The van der Waals surface area contributed by atoms with E-state index < -0.39 is 21.6 Å². The van der Waals surface area contributed by atoms with Gasteiger partial charge in [0, 0.05) is 0 Å². The van der Waals surface area contributed by atoms with Crippen LogP contribution in [0.15, 0.2) is 120 Å². The minimum atomic E-state index is -3.98. The van der Waals surface area contributed by atoms with Crippen molar-refractivity contribution in [1.82, 2.24) is 0 Å². The zero-order valence-electron chi connectivity index (χ0n) is 15.2. The van der Waals surface area contributed by atoms with Crippen LogP contribution in [0.1, 0.15) is 0 Å². The van der Waals surface area contributed by atoms with Crippen molar-refractivity contribution in [3.63, 3.8) is 0 Å². The second kappa shape index (κ2) is 8.48. The predicted octanol–water partition coefficient (Wildman–Crippen LogP) is 4.13. The molecular weight excluding hydrogens is 541 g/mol. The fourth-order valence-corrected chi connectivity index (χ4v) is 18.3. The zero-order chi connectivity index (χ0) is 19.2. The summed E-state index contributed by atoms with van der Waals surface area (Å²) in [6, 6.07) is 38.6. The van der Waals surface area contributed by atoms with Crippen LogP contribution >= 0.6 is 0 Å². The molecule has 0 aliphatic rings. The molecular formula is C24H19NO2Pb. The van der Waals surface area contributed by atoms with Gasteiger partial charge in [0.25, 0.3) is 0 Å². The molecule has 4 aromatic carbocycles. The van der Waals surface area contributed by atoms with Crippen molar-refractivity contribution in [2.75, 3.05) is 0 Å². The van der Waals surface area contributed by atoms with Gasteiger partial charge in [0.15, 0.2) is 0 Å². The van der Waals surface area contributed by atoms with Gasteiger partial charge in [-0.25, -0.2) is 0 Å². The summed E-state index contributed by atoms with van der Waals surface area (Å²) in [4.78, 5) is 10.8. The summed E-state index contributed by atoms with van der Waals surface area (Å²) < 4.78 is 10.7. The van der Waals surface area contributed by atoms with Crippen molar-refractivity contribution in [3.05, 3.63) is 120 Å². The van der Waals surface area contributed by atoms with Crippen LogP contribution < -0.4 is 12.1 Å². The van der Waals surface area contributed by atoms with Crippen molar-refractivity contribution in [2.45, 2.75) is 0 Å². The van der Waals surface area contributed by atoms with Gasteiger partial charge in [-0.05, 0) is 0 Å². The van der Waals surface area contributed by atoms with Gasteiger partial charge < -0.3 is 0 Å². The SMILES string of the molecule is O=Nc1ccc([O][Pb]([c]2ccccc2)([c]2ccccc2)[c]2ccccc2)cc1. The molecule has 0 bridgehead atoms. The van der Waals surface area contributed by atoms with Crippen LogP contribution in [0, 0.1) is 4.91 Å². The maximum absolute atomic E-state index is 10.8. The van der Waals surface area contributed by atoms with Crippen LogP contribution in [-0.2, 0) is 0 Å². The quantitative estimate of drug-likeness (QED) is 0.263. The number of hydrogen-bond donors (Lipinski definition) is 0. The van der Waals surface area contributed by atoms with Crippen molar-refractivity contribution in [3.8, 4) is 5.75 Å². The van der Waals surface area contributed by atoms with Gasteiger partial charge in [-0.2, -0.15) is 0 Å². The summed E-state index contributed by atoms with van der Waals surface area (Å²) in [5.74, 6) is 0.755. The number of nitrogens with zero attached hydrogens (tertiary/aromatic N) is 1. The van der Waals surface area contributed by atoms with Gasteiger partial charge in [-0.1, -0.05) is 0 Å². The molecule has 0 aliphatic carbocycles. The molecule has 0 N–H and O–H groups in total. The average molecular weight is 561 g/mol. The van der Waals surface area contributed by atoms with Crippen LogP contribution in [0.4, 0.5) is 5.69 Å². The van der Waals surface area contributed by atoms with Crippen LogP contribution in [-0.4, -0.2) is 21.6 Å². The Hall–Kier alpha value is -2.80. The van der Waals surface area contributed by atoms with Gasteiger partial charge in [0.05, 0.1) is 0 Å². The van der Waals surface area contributed by atoms with E-state index in [1.54, 1.807) is 12.1 Å². The molecule has 0 fully saturated rings. The topological polar surface area (TPSA) is 38.7 Å². The van der Waals surface area contributed by atoms with Crippen molar-refractivity contribution >= 4 is 36.7 Å². The standard InChI is InChI=1S/C6H5NO2.3C6H5.Pb/c8-6-3-1-5(7-9)2-4-6;3*1-2-4-6-5-3-1;/h1-4,8H;3*1-5H;/q;;;;+1/p-1. The first-order valence-electron chi connectivity index (χ1n) is 9.12. The van der Waals surface area contributed by atoms with Crippen LogP contribution in [0.2, 0.25) is 0 Å². The fourth-order valence-electron chi connectivity index (χ4n) is 3.45. The summed E-state index contributed by atoms with van der Waals surface area (Å²) in [6.45, 7) is 0. The van der Waals surface area contributed by atoms with E-state index in [0.29, 0.717) is 5.69 Å². The first-order chi connectivity index (χ1) is 13.8. The first kappa shape index (κ1) is 18.6. The number of benzene rings is 4. The van der Waals surface area contributed by atoms with E-state index >= 15 is 0 Å². The Morgan fingerprint density at radius 2 is 0.929 bits per heavy atom. The molecule has 0 heterocycles. The third-order valence-corrected chi connectivity index (χ3v) is 20.2. The van der Waals surface area contributed by atoms with E-state index in [9.17, 15) is 4.91 Å². The molecule has 0 spiro atoms. The summed E-state index contributed by atoms with van der Waals surface area (Å²) in [5.41, 5.74) is 0.397. The second-order valence-corrected chi connectivity index (χ2v) is 19.3. The Balaban J connectivity index is 1.96. The number of hydrogen-bond acceptors (Lipinski definition) is 3. The molecule has 0 unspecified atom stereocenters. The van der Waals surface area contributed by atoms with Gasteiger partial charge in [0.2, 0.25) is 0 Å². The molecule has 0 saturated carbocycles. The Labute approximate surface area is 169 Å². The maximum atomic E-state index is 10.8. The van der Waals surface area contributed by atoms with Gasteiger partial charge in [-0.15, -0.1) is 0 Å². The second-order valence-electron chi connectivity index (χ2n) is 6.47. The molecule has 0 aromatic heterocycles. The molecule has 0 saturated heterocycles. The van der Waals surface area contributed by atoms with Crippen molar-refractivity contribution < 1.29 is 2.69 Å². The summed E-state index contributed by atoms with van der Waals surface area (Å²) >= 11 is -3.98. The number of nitroso groups, excluding NO2 is 1. The van der Waals surface area contributed by atoms with Gasteiger partial charge in [-0.3, -0.25) is 0 Å². The average Bonchev–Trinajstić information content (AvgIpc) is 2.80. The summed E-state index contributed by atoms with van der Waals surface area (Å²) in [5, 5.41) is 3.00. The molecule has 4 heteroatoms. The van der Waals surface area contributed by atoms with E-state index in [4.69, 9.17) is 2.69 Å². The van der Waals surface area contributed by atoms with Crippen molar-refractivity contribution in [2.24, 2.45) is 5.18 Å². The molecule has 0 atom stereocenters. The molecule has 0 radical (unpaired) electrons. The van der Waals surface area contributed by atoms with E-state index in [-0.39, 0.29) is 0 Å². The Bertz CT molecular complexity index is 940. The van der Waals surface area contributed by atoms with Crippen LogP contribution in [0.5, 0.6) is 5.75 Å². The molecule has 4 rings (SSSR count). The van der Waals surface area contributed by atoms with E-state index in [1.165, 1.54) is 9.37 Å². The minimum absolute atomic E-state index is 0.397. The third kappa shape index (κ3) is 3.62. The Morgan fingerprint density at radius 3 is 1.29 bits per heavy atom. The Morgan fingerprint density at radius 1 is 0.536 bits per heavy atom. The van der Waals surface area contributed by atoms with E-state index in [1.807, 2.05) is 30.3 Å². The number of rotatable bonds is 6. The van der Waals surface area contributed by atoms with Crippen molar-refractivity contribution in [1.29, 1.82) is 0 Å². The molecule has 0 amide bonds. The van der Waals surface area contributed by atoms with E-state index in [0.717, 1.165) is 5.75 Å². The van der Waals surface area contributed by atoms with Crippen LogP contribution in [0.25, 0.3) is 0 Å². The molecule has 136 valence electrons. The zero-order valence-corrected chi connectivity index (χ0v) is 19.1. The molecule has 3 nitrogen and oxygen atoms in total. The molecule has 0 aliphatic heterocycles. The third-order valence-electron chi connectivity index (χ3n) is 4.75. The molecule has 28 heavy (non-hydrogen) atoms. The summed E-state index contributed by atoms with van der Waals surface area (Å²) in [6.07, 6.45) is 0. The van der Waals surface area contributed by atoms with Gasteiger partial charge >= 0.3 is 170 Å². The van der Waals surface area contributed by atoms with Gasteiger partial charge in [0.1, 0.15) is 0 Å². The first-order valence-corrected chi connectivity index (χ1v) is 16.5. The predicted molar refractivity (Wildman–Crippen MR) is 117 cm³/mol. The molecule has 4 aromatic rings.